The zero-order valence-electron chi connectivity index (χ0n) is 6.28. The largest absolute Gasteiger partial charge is 0.378 e. The van der Waals surface area contributed by atoms with Crippen LogP contribution in [0.15, 0.2) is 0 Å². The quantitative estimate of drug-likeness (QED) is 0.502. The summed E-state index contributed by atoms with van der Waals surface area (Å²) in [4.78, 5) is 0. The van der Waals surface area contributed by atoms with Crippen LogP contribution in [0.1, 0.15) is 0 Å². The van der Waals surface area contributed by atoms with Gasteiger partial charge >= 0.3 is 0 Å². The molecule has 0 amide bonds. The molecule has 0 aromatic heterocycles. The highest BCUT2D eigenvalue weighted by Gasteiger charge is 2.11. The fraction of sp³-hybridized carbons (Fsp3) is 1.00. The van der Waals surface area contributed by atoms with Crippen molar-refractivity contribution in [2.45, 2.75) is 0 Å². The highest BCUT2D eigenvalue weighted by molar-refractivity contribution is 7.91. The Labute approximate surface area is 66.4 Å². The van der Waals surface area contributed by atoms with E-state index in [9.17, 15) is 8.42 Å². The first-order chi connectivity index (χ1) is 5.21. The van der Waals surface area contributed by atoms with Crippen LogP contribution in [0, 0.1) is 0 Å². The van der Waals surface area contributed by atoms with Gasteiger partial charge in [-0.1, -0.05) is 0 Å². The molecule has 0 unspecified atom stereocenters. The third-order valence-electron chi connectivity index (χ3n) is 1.45. The van der Waals surface area contributed by atoms with Crippen molar-refractivity contribution >= 4 is 9.84 Å². The van der Waals surface area contributed by atoms with Crippen LogP contribution in [0.2, 0.25) is 0 Å². The molecule has 1 aliphatic rings. The molecule has 1 fully saturated rings. The Hall–Kier alpha value is -0.130. The van der Waals surface area contributed by atoms with Crippen molar-refractivity contribution in [2.24, 2.45) is 0 Å². The third kappa shape index (κ3) is 3.69. The summed E-state index contributed by atoms with van der Waals surface area (Å²) in [7, 11) is -2.92. The van der Waals surface area contributed by atoms with Crippen LogP contribution in [0.25, 0.3) is 0 Å². The molecule has 0 atom stereocenters. The van der Waals surface area contributed by atoms with Gasteiger partial charge in [0.2, 0.25) is 0 Å². The summed E-state index contributed by atoms with van der Waals surface area (Å²) in [6, 6.07) is 0. The van der Waals surface area contributed by atoms with Gasteiger partial charge in [0.05, 0.1) is 37.9 Å². The maximum atomic E-state index is 11.0. The molecule has 1 heterocycles. The van der Waals surface area contributed by atoms with Gasteiger partial charge in [-0.25, -0.2) is 8.42 Å². The van der Waals surface area contributed by atoms with Gasteiger partial charge in [-0.2, -0.15) is 0 Å². The lowest BCUT2D eigenvalue weighted by Gasteiger charge is -1.99. The molecule has 1 aliphatic heterocycles. The van der Waals surface area contributed by atoms with Gasteiger partial charge in [-0.3, -0.25) is 0 Å². The lowest BCUT2D eigenvalue weighted by atomic mass is 10.7. The normalized spacial score (nSPS) is 26.5. The number of hydrogen-bond donors (Lipinski definition) is 0. The average molecular weight is 180 g/mol. The van der Waals surface area contributed by atoms with E-state index in [1.807, 2.05) is 0 Å². The van der Waals surface area contributed by atoms with E-state index < -0.39 is 9.84 Å². The molecule has 1 saturated heterocycles. The summed E-state index contributed by atoms with van der Waals surface area (Å²) in [5, 5.41) is 0. The molecule has 0 saturated carbocycles. The van der Waals surface area contributed by atoms with Crippen LogP contribution in [-0.4, -0.2) is 46.4 Å². The first kappa shape index (κ1) is 8.96. The molecular weight excluding hydrogens is 168 g/mol. The number of sulfone groups is 1. The van der Waals surface area contributed by atoms with Crippen molar-refractivity contribution in [3.63, 3.8) is 0 Å². The molecule has 0 aromatic rings. The van der Waals surface area contributed by atoms with E-state index in [-0.39, 0.29) is 11.5 Å². The van der Waals surface area contributed by atoms with Gasteiger partial charge < -0.3 is 9.47 Å². The monoisotopic (exact) mass is 180 g/mol. The lowest BCUT2D eigenvalue weighted by molar-refractivity contribution is 0.0629. The smallest absolute Gasteiger partial charge is 0.154 e. The molecule has 5 heteroatoms. The van der Waals surface area contributed by atoms with E-state index >= 15 is 0 Å². The predicted molar refractivity (Wildman–Crippen MR) is 40.3 cm³/mol. The van der Waals surface area contributed by atoms with Gasteiger partial charge in [-0.05, 0) is 0 Å². The van der Waals surface area contributed by atoms with E-state index in [2.05, 4.69) is 0 Å². The summed E-state index contributed by atoms with van der Waals surface area (Å²) in [6.45, 7) is 1.59. The predicted octanol–water partition coefficient (Wildman–Crippen LogP) is -0.552. The van der Waals surface area contributed by atoms with Crippen molar-refractivity contribution in [3.8, 4) is 0 Å². The standard InChI is InChI=1S/C6H12O4S/c7-11(8)5-3-9-1-2-10-4-6-11/h1-6H2. The summed E-state index contributed by atoms with van der Waals surface area (Å²) in [5.41, 5.74) is 0. The van der Waals surface area contributed by atoms with Crippen molar-refractivity contribution < 1.29 is 17.9 Å². The Balaban J connectivity index is 2.44. The van der Waals surface area contributed by atoms with Crippen molar-refractivity contribution in [1.29, 1.82) is 0 Å². The SMILES string of the molecule is O=S1(=O)CCOCCOCC1. The summed E-state index contributed by atoms with van der Waals surface area (Å²) < 4.78 is 32.0. The van der Waals surface area contributed by atoms with E-state index in [1.54, 1.807) is 0 Å². The zero-order chi connectivity index (χ0) is 8.16. The van der Waals surface area contributed by atoms with Crippen molar-refractivity contribution in [3.05, 3.63) is 0 Å². The van der Waals surface area contributed by atoms with Crippen LogP contribution < -0.4 is 0 Å². The van der Waals surface area contributed by atoms with Crippen LogP contribution >= 0.6 is 0 Å². The number of rotatable bonds is 0. The van der Waals surface area contributed by atoms with E-state index in [4.69, 9.17) is 9.47 Å². The summed E-state index contributed by atoms with van der Waals surface area (Å²) >= 11 is 0. The van der Waals surface area contributed by atoms with Crippen molar-refractivity contribution in [2.75, 3.05) is 37.9 Å². The van der Waals surface area contributed by atoms with Gasteiger partial charge in [-0.15, -0.1) is 0 Å². The molecule has 0 aliphatic carbocycles. The third-order valence-corrected chi connectivity index (χ3v) is 3.03. The molecule has 1 rings (SSSR count). The highest BCUT2D eigenvalue weighted by Crippen LogP contribution is 1.94. The minimum atomic E-state index is -2.92. The summed E-state index contributed by atoms with van der Waals surface area (Å²) in [5.74, 6) is 0.243. The molecule has 4 nitrogen and oxygen atoms in total. The molecular formula is C6H12O4S. The van der Waals surface area contributed by atoms with E-state index in [1.165, 1.54) is 0 Å². The molecule has 0 N–H and O–H groups in total. The van der Waals surface area contributed by atoms with E-state index in [0.717, 1.165) is 0 Å². The Bertz CT molecular complexity index is 181. The van der Waals surface area contributed by atoms with Crippen LogP contribution in [0.3, 0.4) is 0 Å². The minimum absolute atomic E-state index is 0.121. The van der Waals surface area contributed by atoms with E-state index in [0.29, 0.717) is 26.4 Å². The Morgan fingerprint density at radius 1 is 0.818 bits per heavy atom. The second kappa shape index (κ2) is 4.04. The number of ether oxygens (including phenoxy) is 2. The zero-order valence-corrected chi connectivity index (χ0v) is 7.10. The van der Waals surface area contributed by atoms with Crippen LogP contribution in [-0.2, 0) is 19.3 Å². The van der Waals surface area contributed by atoms with Crippen molar-refractivity contribution in [1.82, 2.24) is 0 Å². The summed E-state index contributed by atoms with van der Waals surface area (Å²) in [6.07, 6.45) is 0. The maximum Gasteiger partial charge on any atom is 0.154 e. The Morgan fingerprint density at radius 2 is 1.27 bits per heavy atom. The average Bonchev–Trinajstić information content (AvgIpc) is 2.00. The lowest BCUT2D eigenvalue weighted by Crippen LogP contribution is -2.16. The number of hydrogen-bond acceptors (Lipinski definition) is 4. The fourth-order valence-corrected chi connectivity index (χ4v) is 1.74. The molecule has 0 radical (unpaired) electrons. The first-order valence-corrected chi connectivity index (χ1v) is 5.39. The molecule has 66 valence electrons. The fourth-order valence-electron chi connectivity index (χ4n) is 0.796. The molecule has 0 spiro atoms. The molecule has 0 aromatic carbocycles. The topological polar surface area (TPSA) is 52.6 Å². The highest BCUT2D eigenvalue weighted by atomic mass is 32.2. The maximum absolute atomic E-state index is 11.0. The van der Waals surface area contributed by atoms with Gasteiger partial charge in [0.15, 0.2) is 9.84 Å². The molecule has 11 heavy (non-hydrogen) atoms. The minimum Gasteiger partial charge on any atom is -0.378 e. The molecule has 0 bridgehead atoms. The Morgan fingerprint density at radius 3 is 1.73 bits per heavy atom. The Kier molecular flexibility index (Phi) is 3.29. The van der Waals surface area contributed by atoms with Crippen LogP contribution in [0.5, 0.6) is 0 Å². The van der Waals surface area contributed by atoms with Gasteiger partial charge in [0.25, 0.3) is 0 Å². The second-order valence-electron chi connectivity index (χ2n) is 2.38. The second-order valence-corrected chi connectivity index (χ2v) is 4.68. The van der Waals surface area contributed by atoms with Gasteiger partial charge in [0.1, 0.15) is 0 Å². The van der Waals surface area contributed by atoms with Crippen LogP contribution in [0.4, 0.5) is 0 Å². The first-order valence-electron chi connectivity index (χ1n) is 3.57. The van der Waals surface area contributed by atoms with Gasteiger partial charge in [0, 0.05) is 0 Å².